The van der Waals surface area contributed by atoms with Gasteiger partial charge in [0.25, 0.3) is 0 Å². The van der Waals surface area contributed by atoms with Crippen LogP contribution in [0, 0.1) is 5.92 Å². The zero-order chi connectivity index (χ0) is 11.8. The first kappa shape index (κ1) is 13.2. The number of esters is 1. The molecule has 0 saturated heterocycles. The minimum atomic E-state index is -0.0160. The predicted molar refractivity (Wildman–Crippen MR) is 65.2 cm³/mol. The van der Waals surface area contributed by atoms with Crippen LogP contribution in [0.15, 0.2) is 12.7 Å². The third kappa shape index (κ3) is 4.35. The van der Waals surface area contributed by atoms with Gasteiger partial charge < -0.3 is 10.1 Å². The normalized spacial score (nSPS) is 25.1. The van der Waals surface area contributed by atoms with E-state index in [1.165, 1.54) is 6.42 Å². The largest absolute Gasteiger partial charge is 0.466 e. The second kappa shape index (κ2) is 7.44. The summed E-state index contributed by atoms with van der Waals surface area (Å²) in [5.74, 6) is 0.0904. The molecule has 3 heteroatoms. The summed E-state index contributed by atoms with van der Waals surface area (Å²) in [6, 6.07) is 0.475. The molecule has 1 fully saturated rings. The van der Waals surface area contributed by atoms with Crippen LogP contribution in [0.2, 0.25) is 0 Å². The van der Waals surface area contributed by atoms with Gasteiger partial charge in [-0.05, 0) is 39.2 Å². The zero-order valence-electron chi connectivity index (χ0n) is 10.2. The minimum absolute atomic E-state index is 0.0160. The van der Waals surface area contributed by atoms with Crippen molar-refractivity contribution in [3.8, 4) is 0 Å². The number of carbonyl (C=O) groups is 1. The summed E-state index contributed by atoms with van der Waals surface area (Å²) in [4.78, 5) is 11.6. The second-order valence-corrected chi connectivity index (χ2v) is 4.34. The monoisotopic (exact) mass is 225 g/mol. The Morgan fingerprint density at radius 1 is 1.56 bits per heavy atom. The van der Waals surface area contributed by atoms with Gasteiger partial charge in [-0.1, -0.05) is 12.5 Å². The molecule has 3 nitrogen and oxygen atoms in total. The van der Waals surface area contributed by atoms with Crippen molar-refractivity contribution in [2.24, 2.45) is 5.92 Å². The van der Waals surface area contributed by atoms with Gasteiger partial charge in [-0.3, -0.25) is 4.79 Å². The molecular weight excluding hydrogens is 202 g/mol. The van der Waals surface area contributed by atoms with E-state index in [9.17, 15) is 4.79 Å². The number of nitrogens with one attached hydrogen (secondary N) is 1. The van der Waals surface area contributed by atoms with Gasteiger partial charge in [0.15, 0.2) is 0 Å². The number of rotatable bonds is 6. The summed E-state index contributed by atoms with van der Waals surface area (Å²) >= 11 is 0. The Bertz CT molecular complexity index is 228. The Morgan fingerprint density at radius 2 is 2.38 bits per heavy atom. The van der Waals surface area contributed by atoms with Crippen molar-refractivity contribution in [2.45, 2.75) is 45.1 Å². The topological polar surface area (TPSA) is 38.3 Å². The van der Waals surface area contributed by atoms with Gasteiger partial charge in [-0.25, -0.2) is 0 Å². The lowest BCUT2D eigenvalue weighted by atomic mass is 9.85. The first-order valence-corrected chi connectivity index (χ1v) is 6.28. The Balaban J connectivity index is 2.29. The third-order valence-electron chi connectivity index (χ3n) is 3.08. The average Bonchev–Trinajstić information content (AvgIpc) is 2.30. The van der Waals surface area contributed by atoms with Crippen LogP contribution in [-0.2, 0) is 9.53 Å². The van der Waals surface area contributed by atoms with E-state index in [2.05, 4.69) is 11.9 Å². The molecule has 0 aliphatic heterocycles. The van der Waals surface area contributed by atoms with Gasteiger partial charge in [0.05, 0.1) is 12.5 Å². The number of hydrogen-bond acceptors (Lipinski definition) is 3. The molecule has 1 aliphatic carbocycles. The van der Waals surface area contributed by atoms with Gasteiger partial charge >= 0.3 is 5.97 Å². The molecule has 0 spiro atoms. The van der Waals surface area contributed by atoms with Crippen LogP contribution in [0.4, 0.5) is 0 Å². The molecule has 2 unspecified atom stereocenters. The van der Waals surface area contributed by atoms with E-state index >= 15 is 0 Å². The first-order chi connectivity index (χ1) is 7.77. The molecule has 1 aliphatic rings. The molecule has 0 aromatic heterocycles. The molecule has 0 aromatic rings. The van der Waals surface area contributed by atoms with Crippen LogP contribution in [0.5, 0.6) is 0 Å². The summed E-state index contributed by atoms with van der Waals surface area (Å²) < 4.78 is 5.07. The van der Waals surface area contributed by atoms with Crippen molar-refractivity contribution >= 4 is 5.97 Å². The quantitative estimate of drug-likeness (QED) is 0.428. The van der Waals surface area contributed by atoms with E-state index in [4.69, 9.17) is 4.74 Å². The van der Waals surface area contributed by atoms with Crippen LogP contribution >= 0.6 is 0 Å². The smallest absolute Gasteiger partial charge is 0.308 e. The summed E-state index contributed by atoms with van der Waals surface area (Å²) in [5.41, 5.74) is 0. The van der Waals surface area contributed by atoms with Crippen LogP contribution in [0.3, 0.4) is 0 Å². The van der Waals surface area contributed by atoms with E-state index < -0.39 is 0 Å². The number of ether oxygens (including phenoxy) is 1. The molecule has 0 amide bonds. The summed E-state index contributed by atoms with van der Waals surface area (Å²) in [6.07, 6.45) is 7.11. The molecule has 1 saturated carbocycles. The summed E-state index contributed by atoms with van der Waals surface area (Å²) in [7, 11) is 0. The Morgan fingerprint density at radius 3 is 3.06 bits per heavy atom. The first-order valence-electron chi connectivity index (χ1n) is 6.28. The fraction of sp³-hybridized carbons (Fsp3) is 0.769. The van der Waals surface area contributed by atoms with Crippen molar-refractivity contribution in [2.75, 3.05) is 13.2 Å². The fourth-order valence-corrected chi connectivity index (χ4v) is 2.24. The molecule has 0 aromatic carbocycles. The van der Waals surface area contributed by atoms with Crippen LogP contribution in [0.1, 0.15) is 39.0 Å². The van der Waals surface area contributed by atoms with Gasteiger partial charge in [0, 0.05) is 6.04 Å². The van der Waals surface area contributed by atoms with E-state index in [1.54, 1.807) is 0 Å². The van der Waals surface area contributed by atoms with Crippen molar-refractivity contribution in [3.05, 3.63) is 12.7 Å². The lowest BCUT2D eigenvalue weighted by molar-refractivity contribution is -0.149. The number of hydrogen-bond donors (Lipinski definition) is 1. The predicted octanol–water partition coefficient (Wildman–Crippen LogP) is 2.27. The van der Waals surface area contributed by atoms with Crippen molar-refractivity contribution in [1.29, 1.82) is 0 Å². The molecule has 0 radical (unpaired) electrons. The maximum atomic E-state index is 11.6. The molecule has 0 heterocycles. The highest BCUT2D eigenvalue weighted by Crippen LogP contribution is 2.25. The Labute approximate surface area is 98.2 Å². The second-order valence-electron chi connectivity index (χ2n) is 4.34. The highest BCUT2D eigenvalue weighted by Gasteiger charge is 2.27. The lowest BCUT2D eigenvalue weighted by Crippen LogP contribution is -2.37. The van der Waals surface area contributed by atoms with Crippen molar-refractivity contribution in [1.82, 2.24) is 5.32 Å². The van der Waals surface area contributed by atoms with Gasteiger partial charge in [0.2, 0.25) is 0 Å². The van der Waals surface area contributed by atoms with E-state index in [-0.39, 0.29) is 11.9 Å². The molecule has 16 heavy (non-hydrogen) atoms. The number of carbonyl (C=O) groups excluding carboxylic acids is 1. The highest BCUT2D eigenvalue weighted by molar-refractivity contribution is 5.72. The van der Waals surface area contributed by atoms with Gasteiger partial charge in [-0.2, -0.15) is 0 Å². The van der Waals surface area contributed by atoms with Crippen molar-refractivity contribution in [3.63, 3.8) is 0 Å². The lowest BCUT2D eigenvalue weighted by Gasteiger charge is -2.28. The minimum Gasteiger partial charge on any atom is -0.466 e. The third-order valence-corrected chi connectivity index (χ3v) is 3.08. The highest BCUT2D eigenvalue weighted by atomic mass is 16.5. The molecule has 1 N–H and O–H groups in total. The van der Waals surface area contributed by atoms with Crippen molar-refractivity contribution < 1.29 is 9.53 Å². The SMILES string of the molecule is C=CCCNC1CCCC(C(=O)OCC)C1. The summed E-state index contributed by atoms with van der Waals surface area (Å²) in [5, 5.41) is 3.47. The molecule has 92 valence electrons. The van der Waals surface area contributed by atoms with E-state index in [0.717, 1.165) is 32.2 Å². The van der Waals surface area contributed by atoms with E-state index in [1.807, 2.05) is 13.0 Å². The maximum Gasteiger partial charge on any atom is 0.308 e. The van der Waals surface area contributed by atoms with Crippen LogP contribution < -0.4 is 5.32 Å². The molecule has 2 atom stereocenters. The maximum absolute atomic E-state index is 11.6. The van der Waals surface area contributed by atoms with Crippen LogP contribution in [0.25, 0.3) is 0 Å². The Hall–Kier alpha value is -0.830. The van der Waals surface area contributed by atoms with Crippen LogP contribution in [-0.4, -0.2) is 25.2 Å². The average molecular weight is 225 g/mol. The molecular formula is C13H23NO2. The van der Waals surface area contributed by atoms with E-state index in [0.29, 0.717) is 12.6 Å². The zero-order valence-corrected chi connectivity index (χ0v) is 10.2. The summed E-state index contributed by atoms with van der Waals surface area (Å²) in [6.45, 7) is 7.01. The molecule has 1 rings (SSSR count). The fourth-order valence-electron chi connectivity index (χ4n) is 2.24. The van der Waals surface area contributed by atoms with Gasteiger partial charge in [0.1, 0.15) is 0 Å². The standard InChI is InChI=1S/C13H23NO2/c1-3-5-9-14-12-8-6-7-11(10-12)13(15)16-4-2/h3,11-12,14H,1,4-10H2,2H3. The van der Waals surface area contributed by atoms with Gasteiger partial charge in [-0.15, -0.1) is 6.58 Å². The molecule has 0 bridgehead atoms. The Kier molecular flexibility index (Phi) is 6.16.